The number of hydrogen-bond acceptors (Lipinski definition) is 5. The van der Waals surface area contributed by atoms with Gasteiger partial charge in [-0.1, -0.05) is 6.92 Å². The Kier molecular flexibility index (Phi) is 4.77. The van der Waals surface area contributed by atoms with E-state index in [1.807, 2.05) is 24.0 Å². The molecule has 7 heteroatoms. The highest BCUT2D eigenvalue weighted by atomic mass is 32.1. The van der Waals surface area contributed by atoms with Crippen molar-refractivity contribution in [3.8, 4) is 0 Å². The Morgan fingerprint density at radius 1 is 1.27 bits per heavy atom. The Bertz CT molecular complexity index is 1080. The molecule has 2 atom stereocenters. The molecule has 6 nitrogen and oxygen atoms in total. The molecule has 3 aromatic heterocycles. The number of thiophene rings is 1. The van der Waals surface area contributed by atoms with Gasteiger partial charge in [-0.15, -0.1) is 11.3 Å². The lowest BCUT2D eigenvalue weighted by Crippen LogP contribution is -2.32. The Labute approximate surface area is 178 Å². The molecule has 2 aliphatic carbocycles. The summed E-state index contributed by atoms with van der Waals surface area (Å²) in [6.07, 6.45) is 4.68. The van der Waals surface area contributed by atoms with Crippen LogP contribution in [-0.2, 0) is 6.54 Å². The van der Waals surface area contributed by atoms with Crippen LogP contribution in [0.25, 0.3) is 0 Å². The van der Waals surface area contributed by atoms with Gasteiger partial charge in [-0.3, -0.25) is 9.59 Å². The molecule has 0 aromatic carbocycles. The zero-order valence-corrected chi connectivity index (χ0v) is 17.8. The summed E-state index contributed by atoms with van der Waals surface area (Å²) in [7, 11) is 0. The fourth-order valence-electron chi connectivity index (χ4n) is 3.79. The topological polar surface area (TPSA) is 75.7 Å². The minimum atomic E-state index is -0.322. The molecular formula is C23H24N2O4S. The van der Waals surface area contributed by atoms with Gasteiger partial charge in [-0.05, 0) is 68.0 Å². The lowest BCUT2D eigenvalue weighted by molar-refractivity contribution is 0.0721. The zero-order valence-electron chi connectivity index (χ0n) is 17.0. The van der Waals surface area contributed by atoms with Crippen molar-refractivity contribution in [1.29, 1.82) is 0 Å². The van der Waals surface area contributed by atoms with Crippen LogP contribution in [0.3, 0.4) is 0 Å². The van der Waals surface area contributed by atoms with E-state index in [1.165, 1.54) is 24.0 Å². The summed E-state index contributed by atoms with van der Waals surface area (Å²) in [6, 6.07) is 9.42. The number of carbonyl (C=O) groups excluding carboxylic acids is 2. The van der Waals surface area contributed by atoms with Crippen LogP contribution in [-0.4, -0.2) is 22.8 Å². The quantitative estimate of drug-likeness (QED) is 0.549. The molecule has 0 aliphatic heterocycles. The van der Waals surface area contributed by atoms with Crippen LogP contribution < -0.4 is 5.32 Å². The number of furan rings is 2. The van der Waals surface area contributed by atoms with Gasteiger partial charge in [0, 0.05) is 12.0 Å². The molecule has 3 aromatic rings. The van der Waals surface area contributed by atoms with Gasteiger partial charge < -0.3 is 19.1 Å². The maximum Gasteiger partial charge on any atom is 0.291 e. The first kappa shape index (κ1) is 19.2. The highest BCUT2D eigenvalue weighted by molar-refractivity contribution is 7.18. The first-order valence-electron chi connectivity index (χ1n) is 10.3. The van der Waals surface area contributed by atoms with Gasteiger partial charge in [0.1, 0.15) is 11.5 Å². The number of aryl methyl sites for hydroxylation is 1. The van der Waals surface area contributed by atoms with Crippen molar-refractivity contribution in [3.63, 3.8) is 0 Å². The molecule has 2 amide bonds. The van der Waals surface area contributed by atoms with Crippen LogP contribution in [0.1, 0.15) is 69.4 Å². The van der Waals surface area contributed by atoms with Crippen LogP contribution in [0.4, 0.5) is 5.00 Å². The Hall–Kier alpha value is -2.80. The molecule has 0 bridgehead atoms. The molecule has 0 radical (unpaired) electrons. The van der Waals surface area contributed by atoms with Gasteiger partial charge >= 0.3 is 0 Å². The average Bonchev–Trinajstić information content (AvgIpc) is 3.49. The summed E-state index contributed by atoms with van der Waals surface area (Å²) in [4.78, 5) is 28.2. The molecular weight excluding hydrogens is 400 g/mol. The average molecular weight is 425 g/mol. The lowest BCUT2D eigenvalue weighted by Gasteiger charge is -2.21. The maximum absolute atomic E-state index is 13.3. The molecule has 1 N–H and O–H groups in total. The largest absolute Gasteiger partial charge is 0.464 e. The first-order chi connectivity index (χ1) is 14.5. The number of nitrogens with zero attached hydrogens (tertiary/aromatic N) is 1. The van der Waals surface area contributed by atoms with Crippen LogP contribution in [0, 0.1) is 12.8 Å². The third-order valence-corrected chi connectivity index (χ3v) is 6.97. The molecule has 2 fully saturated rings. The smallest absolute Gasteiger partial charge is 0.291 e. The van der Waals surface area contributed by atoms with Crippen LogP contribution in [0.2, 0.25) is 0 Å². The minimum absolute atomic E-state index is 0.00348. The van der Waals surface area contributed by atoms with E-state index >= 15 is 0 Å². The van der Waals surface area contributed by atoms with Crippen molar-refractivity contribution in [2.45, 2.75) is 51.6 Å². The van der Waals surface area contributed by atoms with E-state index in [2.05, 4.69) is 18.3 Å². The molecule has 156 valence electrons. The van der Waals surface area contributed by atoms with Crippen LogP contribution in [0.15, 0.2) is 45.4 Å². The van der Waals surface area contributed by atoms with Gasteiger partial charge in [-0.25, -0.2) is 0 Å². The molecule has 0 spiro atoms. The second-order valence-electron chi connectivity index (χ2n) is 8.34. The number of hydrogen-bond donors (Lipinski definition) is 1. The predicted octanol–water partition coefficient (Wildman–Crippen LogP) is 5.42. The molecule has 2 aliphatic rings. The predicted molar refractivity (Wildman–Crippen MR) is 114 cm³/mol. The normalized spacial score (nSPS) is 20.2. The highest BCUT2D eigenvalue weighted by Crippen LogP contribution is 2.47. The van der Waals surface area contributed by atoms with Crippen molar-refractivity contribution in [1.82, 2.24) is 4.90 Å². The van der Waals surface area contributed by atoms with Crippen LogP contribution >= 0.6 is 11.3 Å². The Balaban J connectivity index is 1.31. The molecule has 30 heavy (non-hydrogen) atoms. The first-order valence-corrected chi connectivity index (χ1v) is 11.2. The van der Waals surface area contributed by atoms with Gasteiger partial charge in [0.25, 0.3) is 11.8 Å². The fraction of sp³-hybridized carbons (Fsp3) is 0.391. The SMILES string of the molecule is Cc1cc(NC(=O)c2ccco2)sc1C(=O)N(Cc1ccc(C2CC2C)o1)C1CC1. The standard InChI is InChI=1S/C23H24N2O4S/c1-13-10-17(13)18-8-7-16(29-18)12-25(15-5-6-15)23(27)21-14(2)11-20(30-21)24-22(26)19-4-3-9-28-19/h3-4,7-9,11,13,15,17H,5-6,10,12H2,1-2H3,(H,24,26). The fourth-order valence-corrected chi connectivity index (χ4v) is 4.81. The van der Waals surface area contributed by atoms with Crippen molar-refractivity contribution in [2.24, 2.45) is 5.92 Å². The third kappa shape index (κ3) is 3.81. The summed E-state index contributed by atoms with van der Waals surface area (Å²) >= 11 is 1.30. The van der Waals surface area contributed by atoms with E-state index in [0.717, 1.165) is 29.9 Å². The second kappa shape index (κ2) is 7.47. The lowest BCUT2D eigenvalue weighted by atomic mass is 10.2. The van der Waals surface area contributed by atoms with E-state index < -0.39 is 0 Å². The summed E-state index contributed by atoms with van der Waals surface area (Å²) in [6.45, 7) is 4.61. The summed E-state index contributed by atoms with van der Waals surface area (Å²) in [5.74, 6) is 3.01. The number of rotatable bonds is 7. The maximum atomic E-state index is 13.3. The number of nitrogens with one attached hydrogen (secondary N) is 1. The highest BCUT2D eigenvalue weighted by Gasteiger charge is 2.38. The Morgan fingerprint density at radius 3 is 2.73 bits per heavy atom. The Morgan fingerprint density at radius 2 is 2.07 bits per heavy atom. The van der Waals surface area contributed by atoms with E-state index in [9.17, 15) is 9.59 Å². The number of amides is 2. The summed E-state index contributed by atoms with van der Waals surface area (Å²) < 4.78 is 11.2. The summed E-state index contributed by atoms with van der Waals surface area (Å²) in [5.41, 5.74) is 0.859. The van der Waals surface area contributed by atoms with Crippen molar-refractivity contribution in [3.05, 3.63) is 64.3 Å². The van der Waals surface area contributed by atoms with E-state index in [4.69, 9.17) is 8.83 Å². The number of carbonyl (C=O) groups is 2. The van der Waals surface area contributed by atoms with Crippen molar-refractivity contribution >= 4 is 28.2 Å². The molecule has 3 heterocycles. The van der Waals surface area contributed by atoms with Crippen molar-refractivity contribution < 1.29 is 18.4 Å². The molecule has 0 saturated heterocycles. The zero-order chi connectivity index (χ0) is 20.8. The van der Waals surface area contributed by atoms with E-state index in [1.54, 1.807) is 12.1 Å². The van der Waals surface area contributed by atoms with Gasteiger partial charge in [0.05, 0.1) is 22.7 Å². The van der Waals surface area contributed by atoms with Crippen molar-refractivity contribution in [2.75, 3.05) is 5.32 Å². The molecule has 5 rings (SSSR count). The summed E-state index contributed by atoms with van der Waals surface area (Å²) in [5, 5.41) is 3.45. The van der Waals surface area contributed by atoms with Crippen LogP contribution in [0.5, 0.6) is 0 Å². The molecule has 2 saturated carbocycles. The number of anilines is 1. The minimum Gasteiger partial charge on any atom is -0.464 e. The monoisotopic (exact) mass is 424 g/mol. The second-order valence-corrected chi connectivity index (χ2v) is 9.39. The third-order valence-electron chi connectivity index (χ3n) is 5.83. The van der Waals surface area contributed by atoms with Gasteiger partial charge in [0.2, 0.25) is 0 Å². The van der Waals surface area contributed by atoms with E-state index in [-0.39, 0.29) is 23.6 Å². The van der Waals surface area contributed by atoms with Gasteiger partial charge in [-0.2, -0.15) is 0 Å². The molecule has 2 unspecified atom stereocenters. The van der Waals surface area contributed by atoms with E-state index in [0.29, 0.717) is 28.3 Å². The van der Waals surface area contributed by atoms with Gasteiger partial charge in [0.15, 0.2) is 5.76 Å².